The first-order valence-corrected chi connectivity index (χ1v) is 10.4. The van der Waals surface area contributed by atoms with Gasteiger partial charge in [-0.2, -0.15) is 0 Å². The molecule has 0 aliphatic carbocycles. The summed E-state index contributed by atoms with van der Waals surface area (Å²) in [7, 11) is 0. The highest BCUT2D eigenvalue weighted by atomic mass is 32.2. The number of benzene rings is 1. The topological polar surface area (TPSA) is 73.2 Å². The Morgan fingerprint density at radius 3 is 2.85 bits per heavy atom. The molecule has 1 aliphatic heterocycles. The Morgan fingerprint density at radius 1 is 1.37 bits per heavy atom. The van der Waals surface area contributed by atoms with Crippen LogP contribution in [0.5, 0.6) is 0 Å². The zero-order valence-electron chi connectivity index (χ0n) is 16.1. The third-order valence-electron chi connectivity index (χ3n) is 4.57. The third-order valence-corrected chi connectivity index (χ3v) is 5.66. The van der Waals surface area contributed by atoms with Gasteiger partial charge in [0.15, 0.2) is 5.16 Å². The normalized spacial score (nSPS) is 18.1. The Bertz CT molecular complexity index is 859. The van der Waals surface area contributed by atoms with Crippen molar-refractivity contribution in [1.82, 2.24) is 14.9 Å². The van der Waals surface area contributed by atoms with Gasteiger partial charge in [0.05, 0.1) is 28.8 Å². The minimum Gasteiger partial charge on any atom is -0.376 e. The average molecular weight is 390 g/mol. The van der Waals surface area contributed by atoms with Gasteiger partial charge in [0.1, 0.15) is 0 Å². The van der Waals surface area contributed by atoms with Gasteiger partial charge in [-0.25, -0.2) is 4.98 Å². The number of carbonyl (C=O) groups is 1. The minimum atomic E-state index is -0.340. The van der Waals surface area contributed by atoms with Crippen LogP contribution in [0.25, 0.3) is 10.9 Å². The van der Waals surface area contributed by atoms with E-state index in [4.69, 9.17) is 4.74 Å². The molecule has 0 unspecified atom stereocenters. The molecule has 0 radical (unpaired) electrons. The lowest BCUT2D eigenvalue weighted by Gasteiger charge is -2.18. The number of ether oxygens (including phenoxy) is 1. The molecule has 27 heavy (non-hydrogen) atoms. The van der Waals surface area contributed by atoms with E-state index in [9.17, 15) is 9.59 Å². The fourth-order valence-electron chi connectivity index (χ4n) is 3.05. The van der Waals surface area contributed by atoms with Gasteiger partial charge in [-0.15, -0.1) is 0 Å². The molecule has 1 amide bonds. The zero-order valence-corrected chi connectivity index (χ0v) is 16.9. The maximum absolute atomic E-state index is 13.1. The minimum absolute atomic E-state index is 0.0232. The van der Waals surface area contributed by atoms with Crippen molar-refractivity contribution in [3.63, 3.8) is 0 Å². The predicted molar refractivity (Wildman–Crippen MR) is 108 cm³/mol. The molecule has 0 spiro atoms. The van der Waals surface area contributed by atoms with Crippen LogP contribution in [-0.2, 0) is 16.1 Å². The van der Waals surface area contributed by atoms with Gasteiger partial charge in [-0.1, -0.05) is 37.7 Å². The molecule has 3 rings (SSSR count). The predicted octanol–water partition coefficient (Wildman–Crippen LogP) is 2.83. The molecule has 2 aromatic rings. The SMILES string of the molecule is CC(C)CNC(=O)[C@@H](C)Sc1nc2ccccc2c(=O)n1C[C@@H]1CCCO1. The van der Waals surface area contributed by atoms with E-state index in [1.54, 1.807) is 10.6 Å². The van der Waals surface area contributed by atoms with Crippen LogP contribution < -0.4 is 10.9 Å². The Balaban J connectivity index is 1.89. The van der Waals surface area contributed by atoms with Crippen molar-refractivity contribution in [3.8, 4) is 0 Å². The maximum Gasteiger partial charge on any atom is 0.262 e. The van der Waals surface area contributed by atoms with E-state index in [2.05, 4.69) is 24.1 Å². The van der Waals surface area contributed by atoms with Gasteiger partial charge in [0.2, 0.25) is 5.91 Å². The molecule has 0 bridgehead atoms. The molecule has 146 valence electrons. The van der Waals surface area contributed by atoms with Crippen LogP contribution in [0.15, 0.2) is 34.2 Å². The van der Waals surface area contributed by atoms with Crippen LogP contribution in [0.1, 0.15) is 33.6 Å². The summed E-state index contributed by atoms with van der Waals surface area (Å²) >= 11 is 1.33. The van der Waals surface area contributed by atoms with Crippen molar-refractivity contribution >= 4 is 28.6 Å². The lowest BCUT2D eigenvalue weighted by Crippen LogP contribution is -2.34. The summed E-state index contributed by atoms with van der Waals surface area (Å²) in [5, 5.41) is 3.77. The van der Waals surface area contributed by atoms with Crippen molar-refractivity contribution in [3.05, 3.63) is 34.6 Å². The van der Waals surface area contributed by atoms with E-state index >= 15 is 0 Å². The Labute approximate surface area is 163 Å². The van der Waals surface area contributed by atoms with Gasteiger partial charge in [0.25, 0.3) is 5.56 Å². The quantitative estimate of drug-likeness (QED) is 0.582. The van der Waals surface area contributed by atoms with Gasteiger partial charge in [-0.3, -0.25) is 14.2 Å². The van der Waals surface area contributed by atoms with E-state index in [1.807, 2.05) is 25.1 Å². The second-order valence-electron chi connectivity index (χ2n) is 7.36. The summed E-state index contributed by atoms with van der Waals surface area (Å²) in [6.07, 6.45) is 1.97. The first-order valence-electron chi connectivity index (χ1n) is 9.51. The summed E-state index contributed by atoms with van der Waals surface area (Å²) in [5.74, 6) is 0.349. The lowest BCUT2D eigenvalue weighted by molar-refractivity contribution is -0.120. The van der Waals surface area contributed by atoms with Crippen molar-refractivity contribution in [2.45, 2.75) is 56.7 Å². The van der Waals surface area contributed by atoms with Crippen LogP contribution in [0.4, 0.5) is 0 Å². The van der Waals surface area contributed by atoms with E-state index in [-0.39, 0.29) is 22.8 Å². The monoisotopic (exact) mass is 389 g/mol. The second-order valence-corrected chi connectivity index (χ2v) is 8.67. The highest BCUT2D eigenvalue weighted by Crippen LogP contribution is 2.24. The largest absolute Gasteiger partial charge is 0.376 e. The molecular weight excluding hydrogens is 362 g/mol. The number of amides is 1. The number of para-hydroxylation sites is 1. The number of nitrogens with zero attached hydrogens (tertiary/aromatic N) is 2. The molecule has 1 aromatic heterocycles. The summed E-state index contributed by atoms with van der Waals surface area (Å²) in [6, 6.07) is 7.34. The van der Waals surface area contributed by atoms with Crippen molar-refractivity contribution in [2.75, 3.05) is 13.2 Å². The Kier molecular flexibility index (Phi) is 6.55. The zero-order chi connectivity index (χ0) is 19.4. The van der Waals surface area contributed by atoms with Crippen molar-refractivity contribution < 1.29 is 9.53 Å². The van der Waals surface area contributed by atoms with E-state index in [0.717, 1.165) is 19.4 Å². The summed E-state index contributed by atoms with van der Waals surface area (Å²) in [4.78, 5) is 30.1. The summed E-state index contributed by atoms with van der Waals surface area (Å²) in [5.41, 5.74) is 0.580. The molecular formula is C20H27N3O3S. The van der Waals surface area contributed by atoms with Crippen LogP contribution in [0.2, 0.25) is 0 Å². The molecule has 0 saturated carbocycles. The first kappa shape index (κ1) is 19.9. The fraction of sp³-hybridized carbons (Fsp3) is 0.550. The molecule has 6 nitrogen and oxygen atoms in total. The van der Waals surface area contributed by atoms with Gasteiger partial charge >= 0.3 is 0 Å². The van der Waals surface area contributed by atoms with Crippen molar-refractivity contribution in [1.29, 1.82) is 0 Å². The van der Waals surface area contributed by atoms with Gasteiger partial charge in [0, 0.05) is 13.2 Å². The van der Waals surface area contributed by atoms with E-state index in [1.165, 1.54) is 11.8 Å². The number of hydrogen-bond donors (Lipinski definition) is 1. The number of nitrogens with one attached hydrogen (secondary N) is 1. The Hall–Kier alpha value is -1.86. The highest BCUT2D eigenvalue weighted by molar-refractivity contribution is 8.00. The fourth-order valence-corrected chi connectivity index (χ4v) is 3.99. The average Bonchev–Trinajstić information content (AvgIpc) is 3.16. The molecule has 7 heteroatoms. The molecule has 1 saturated heterocycles. The van der Waals surface area contributed by atoms with E-state index < -0.39 is 0 Å². The van der Waals surface area contributed by atoms with Crippen LogP contribution in [-0.4, -0.2) is 40.0 Å². The number of aromatic nitrogens is 2. The number of fused-ring (bicyclic) bond motifs is 1. The van der Waals surface area contributed by atoms with Crippen molar-refractivity contribution in [2.24, 2.45) is 5.92 Å². The van der Waals surface area contributed by atoms with Crippen LogP contribution in [0.3, 0.4) is 0 Å². The molecule has 1 aromatic carbocycles. The smallest absolute Gasteiger partial charge is 0.262 e. The van der Waals surface area contributed by atoms with Gasteiger partial charge in [-0.05, 0) is 37.8 Å². The number of carbonyl (C=O) groups excluding carboxylic acids is 1. The standard InChI is InChI=1S/C20H27N3O3S/c1-13(2)11-21-18(24)14(3)27-20-22-17-9-5-4-8-16(17)19(25)23(20)12-15-7-6-10-26-15/h4-5,8-9,13-15H,6-7,10-12H2,1-3H3,(H,21,24)/t14-,15+/m1/s1. The molecule has 1 fully saturated rings. The Morgan fingerprint density at radius 2 is 2.15 bits per heavy atom. The van der Waals surface area contributed by atoms with Crippen LogP contribution in [0, 0.1) is 5.92 Å². The number of hydrogen-bond acceptors (Lipinski definition) is 5. The second kappa shape index (κ2) is 8.89. The number of rotatable bonds is 7. The number of thioether (sulfide) groups is 1. The molecule has 2 atom stereocenters. The maximum atomic E-state index is 13.1. The summed E-state index contributed by atoms with van der Waals surface area (Å²) in [6.45, 7) is 7.80. The molecule has 1 aliphatic rings. The highest BCUT2D eigenvalue weighted by Gasteiger charge is 2.23. The van der Waals surface area contributed by atoms with Crippen LogP contribution >= 0.6 is 11.8 Å². The first-order chi connectivity index (χ1) is 13.0. The molecule has 1 N–H and O–H groups in total. The molecule has 2 heterocycles. The lowest BCUT2D eigenvalue weighted by atomic mass is 10.2. The third kappa shape index (κ3) is 4.90. The summed E-state index contributed by atoms with van der Waals surface area (Å²) < 4.78 is 7.40. The van der Waals surface area contributed by atoms with E-state index in [0.29, 0.717) is 35.1 Å². The van der Waals surface area contributed by atoms with Gasteiger partial charge < -0.3 is 10.1 Å².